The van der Waals surface area contributed by atoms with E-state index in [0.29, 0.717) is 6.61 Å². The van der Waals surface area contributed by atoms with E-state index < -0.39 is 0 Å². The molecular weight excluding hydrogens is 322 g/mol. The summed E-state index contributed by atoms with van der Waals surface area (Å²) in [6.07, 6.45) is 0. The zero-order valence-electron chi connectivity index (χ0n) is 15.3. The summed E-state index contributed by atoms with van der Waals surface area (Å²) in [5.41, 5.74) is 3.65. The van der Waals surface area contributed by atoms with Gasteiger partial charge in [-0.2, -0.15) is 0 Å². The smallest absolute Gasteiger partial charge is 0.119 e. The second kappa shape index (κ2) is 9.07. The number of rotatable bonds is 8. The Morgan fingerprint density at radius 1 is 0.769 bits per heavy atom. The van der Waals surface area contributed by atoms with E-state index in [2.05, 4.69) is 48.6 Å². The van der Waals surface area contributed by atoms with Gasteiger partial charge in [0, 0.05) is 12.6 Å². The van der Waals surface area contributed by atoms with Crippen LogP contribution in [-0.4, -0.2) is 7.11 Å². The van der Waals surface area contributed by atoms with Gasteiger partial charge in [0.1, 0.15) is 18.1 Å². The van der Waals surface area contributed by atoms with E-state index in [4.69, 9.17) is 9.47 Å². The first kappa shape index (κ1) is 18.0. The lowest BCUT2D eigenvalue weighted by Crippen LogP contribution is -2.17. The Balaban J connectivity index is 1.49. The van der Waals surface area contributed by atoms with Crippen LogP contribution in [0.25, 0.3) is 0 Å². The van der Waals surface area contributed by atoms with E-state index in [-0.39, 0.29) is 6.04 Å². The molecule has 3 aromatic rings. The quantitative estimate of drug-likeness (QED) is 0.613. The summed E-state index contributed by atoms with van der Waals surface area (Å²) in [6.45, 7) is 3.57. The van der Waals surface area contributed by atoms with Gasteiger partial charge in [-0.3, -0.25) is 0 Å². The molecule has 0 aromatic heterocycles. The molecule has 3 aromatic carbocycles. The topological polar surface area (TPSA) is 30.5 Å². The third-order valence-electron chi connectivity index (χ3n) is 4.40. The van der Waals surface area contributed by atoms with Gasteiger partial charge >= 0.3 is 0 Å². The Labute approximate surface area is 155 Å². The highest BCUT2D eigenvalue weighted by atomic mass is 16.5. The van der Waals surface area contributed by atoms with Crippen molar-refractivity contribution >= 4 is 0 Å². The van der Waals surface area contributed by atoms with E-state index in [1.54, 1.807) is 7.11 Å². The molecule has 0 saturated heterocycles. The van der Waals surface area contributed by atoms with Crippen molar-refractivity contribution in [2.24, 2.45) is 0 Å². The van der Waals surface area contributed by atoms with Crippen LogP contribution in [-0.2, 0) is 13.2 Å². The zero-order chi connectivity index (χ0) is 18.2. The number of methoxy groups -OCH3 is 1. The van der Waals surface area contributed by atoms with Crippen LogP contribution in [0.2, 0.25) is 0 Å². The van der Waals surface area contributed by atoms with E-state index in [9.17, 15) is 0 Å². The molecule has 3 heteroatoms. The summed E-state index contributed by atoms with van der Waals surface area (Å²) >= 11 is 0. The second-order valence-electron chi connectivity index (χ2n) is 6.29. The Morgan fingerprint density at radius 3 is 2.08 bits per heavy atom. The molecular formula is C23H25NO2. The van der Waals surface area contributed by atoms with Crippen LogP contribution >= 0.6 is 0 Å². The number of hydrogen-bond acceptors (Lipinski definition) is 3. The van der Waals surface area contributed by atoms with E-state index in [1.807, 2.05) is 42.5 Å². The van der Waals surface area contributed by atoms with Crippen molar-refractivity contribution in [2.45, 2.75) is 26.1 Å². The molecule has 1 atom stereocenters. The molecule has 0 aliphatic carbocycles. The van der Waals surface area contributed by atoms with Crippen LogP contribution in [0.5, 0.6) is 11.5 Å². The predicted octanol–water partition coefficient (Wildman–Crippen LogP) is 5.13. The summed E-state index contributed by atoms with van der Waals surface area (Å²) in [5, 5.41) is 3.55. The van der Waals surface area contributed by atoms with Crippen LogP contribution in [0.4, 0.5) is 0 Å². The zero-order valence-corrected chi connectivity index (χ0v) is 15.3. The van der Waals surface area contributed by atoms with Gasteiger partial charge in [-0.15, -0.1) is 0 Å². The van der Waals surface area contributed by atoms with Gasteiger partial charge in [0.2, 0.25) is 0 Å². The molecule has 0 heterocycles. The normalized spacial score (nSPS) is 11.8. The number of benzene rings is 3. The first-order valence-corrected chi connectivity index (χ1v) is 8.87. The molecule has 0 aliphatic rings. The van der Waals surface area contributed by atoms with E-state index in [0.717, 1.165) is 18.0 Å². The second-order valence-corrected chi connectivity index (χ2v) is 6.29. The molecule has 3 rings (SSSR count). The van der Waals surface area contributed by atoms with E-state index >= 15 is 0 Å². The van der Waals surface area contributed by atoms with Crippen molar-refractivity contribution in [2.75, 3.05) is 7.11 Å². The summed E-state index contributed by atoms with van der Waals surface area (Å²) in [5.74, 6) is 1.77. The summed E-state index contributed by atoms with van der Waals surface area (Å²) in [4.78, 5) is 0. The molecule has 0 spiro atoms. The third kappa shape index (κ3) is 5.11. The summed E-state index contributed by atoms with van der Waals surface area (Å²) < 4.78 is 11.0. The number of ether oxygens (including phenoxy) is 2. The third-order valence-corrected chi connectivity index (χ3v) is 4.40. The van der Waals surface area contributed by atoms with Gasteiger partial charge in [0.25, 0.3) is 0 Å². The summed E-state index contributed by atoms with van der Waals surface area (Å²) in [7, 11) is 1.68. The first-order chi connectivity index (χ1) is 12.7. The van der Waals surface area contributed by atoms with Crippen molar-refractivity contribution in [3.63, 3.8) is 0 Å². The molecule has 0 saturated carbocycles. The lowest BCUT2D eigenvalue weighted by atomic mass is 10.1. The fourth-order valence-electron chi connectivity index (χ4n) is 2.73. The van der Waals surface area contributed by atoms with Crippen molar-refractivity contribution in [3.05, 3.63) is 95.6 Å². The van der Waals surface area contributed by atoms with Crippen LogP contribution in [0.3, 0.4) is 0 Å². The summed E-state index contributed by atoms with van der Waals surface area (Å²) in [6, 6.07) is 26.9. The maximum atomic E-state index is 5.83. The van der Waals surface area contributed by atoms with Crippen LogP contribution in [0.1, 0.15) is 29.7 Å². The fraction of sp³-hybridized carbons (Fsp3) is 0.217. The lowest BCUT2D eigenvalue weighted by molar-refractivity contribution is 0.306. The highest BCUT2D eigenvalue weighted by Gasteiger charge is 2.05. The molecule has 0 fully saturated rings. The number of hydrogen-bond donors (Lipinski definition) is 1. The molecule has 3 nitrogen and oxygen atoms in total. The van der Waals surface area contributed by atoms with Gasteiger partial charge in [-0.25, -0.2) is 0 Å². The van der Waals surface area contributed by atoms with Gasteiger partial charge in [0.05, 0.1) is 7.11 Å². The van der Waals surface area contributed by atoms with Gasteiger partial charge in [-0.05, 0) is 47.9 Å². The van der Waals surface area contributed by atoms with Crippen LogP contribution in [0, 0.1) is 0 Å². The lowest BCUT2D eigenvalue weighted by Gasteiger charge is -2.15. The molecule has 0 aliphatic heterocycles. The van der Waals surface area contributed by atoms with E-state index in [1.165, 1.54) is 16.7 Å². The fourth-order valence-corrected chi connectivity index (χ4v) is 2.73. The van der Waals surface area contributed by atoms with Gasteiger partial charge in [0.15, 0.2) is 0 Å². The Morgan fingerprint density at radius 2 is 1.42 bits per heavy atom. The molecule has 0 amide bonds. The Bertz CT molecular complexity index is 783. The van der Waals surface area contributed by atoms with Gasteiger partial charge < -0.3 is 14.8 Å². The first-order valence-electron chi connectivity index (χ1n) is 8.87. The highest BCUT2D eigenvalue weighted by Crippen LogP contribution is 2.19. The molecule has 0 radical (unpaired) electrons. The SMILES string of the molecule is COc1ccc(C(C)NCc2ccc(OCc3ccccc3)cc2)cc1. The highest BCUT2D eigenvalue weighted by molar-refractivity contribution is 5.30. The largest absolute Gasteiger partial charge is 0.497 e. The minimum absolute atomic E-state index is 0.273. The molecule has 0 bridgehead atoms. The molecule has 1 unspecified atom stereocenters. The van der Waals surface area contributed by atoms with Gasteiger partial charge in [-0.1, -0.05) is 54.6 Å². The Kier molecular flexibility index (Phi) is 6.29. The van der Waals surface area contributed by atoms with Crippen molar-refractivity contribution < 1.29 is 9.47 Å². The average Bonchev–Trinajstić information content (AvgIpc) is 2.72. The van der Waals surface area contributed by atoms with Crippen molar-refractivity contribution in [3.8, 4) is 11.5 Å². The van der Waals surface area contributed by atoms with Crippen molar-refractivity contribution in [1.29, 1.82) is 0 Å². The average molecular weight is 347 g/mol. The van der Waals surface area contributed by atoms with Crippen molar-refractivity contribution in [1.82, 2.24) is 5.32 Å². The maximum absolute atomic E-state index is 5.83. The van der Waals surface area contributed by atoms with Crippen LogP contribution < -0.4 is 14.8 Å². The number of nitrogens with one attached hydrogen (secondary N) is 1. The maximum Gasteiger partial charge on any atom is 0.119 e. The monoisotopic (exact) mass is 347 g/mol. The van der Waals surface area contributed by atoms with Crippen LogP contribution in [0.15, 0.2) is 78.9 Å². The minimum Gasteiger partial charge on any atom is -0.497 e. The molecule has 1 N–H and O–H groups in total. The standard InChI is InChI=1S/C23H25NO2/c1-18(21-10-14-22(25-2)15-11-21)24-16-19-8-12-23(13-9-19)26-17-20-6-4-3-5-7-20/h3-15,18,24H,16-17H2,1-2H3. The molecule has 134 valence electrons. The minimum atomic E-state index is 0.273. The predicted molar refractivity (Wildman–Crippen MR) is 105 cm³/mol. The molecule has 26 heavy (non-hydrogen) atoms. The Hall–Kier alpha value is -2.78.